The fourth-order valence-corrected chi connectivity index (χ4v) is 3.40. The molecule has 0 saturated carbocycles. The number of pyridine rings is 1. The van der Waals surface area contributed by atoms with Crippen LogP contribution in [0.3, 0.4) is 0 Å². The summed E-state index contributed by atoms with van der Waals surface area (Å²) in [5.41, 5.74) is 7.20. The van der Waals surface area contributed by atoms with Crippen LogP contribution >= 0.6 is 0 Å². The van der Waals surface area contributed by atoms with Crippen molar-refractivity contribution in [2.45, 2.75) is 24.9 Å². The second-order valence-electron chi connectivity index (χ2n) is 7.56. The quantitative estimate of drug-likeness (QED) is 0.599. The third kappa shape index (κ3) is 5.35. The van der Waals surface area contributed by atoms with Gasteiger partial charge in [-0.1, -0.05) is 12.1 Å². The van der Waals surface area contributed by atoms with Crippen molar-refractivity contribution >= 4 is 17.8 Å². The van der Waals surface area contributed by atoms with Crippen LogP contribution in [0, 0.1) is 12.7 Å². The van der Waals surface area contributed by atoms with Crippen molar-refractivity contribution < 1.29 is 27.5 Å². The summed E-state index contributed by atoms with van der Waals surface area (Å²) in [6, 6.07) is 4.57. The molecule has 0 aliphatic carbocycles. The number of anilines is 1. The molecule has 0 spiro atoms. The minimum atomic E-state index is -3.09. The molecule has 1 aromatic carbocycles. The highest BCUT2D eigenvalue weighted by molar-refractivity contribution is 5.94. The minimum Gasteiger partial charge on any atom is -0.382 e. The predicted octanol–water partition coefficient (Wildman–Crippen LogP) is 2.52. The largest absolute Gasteiger partial charge is 0.382 e. The number of hydrogen-bond donors (Lipinski definition) is 3. The van der Waals surface area contributed by atoms with E-state index in [0.29, 0.717) is 16.7 Å². The molecule has 8 nitrogen and oxygen atoms in total. The molecule has 2 heterocycles. The Balaban J connectivity index is 1.80. The molecule has 0 radical (unpaired) electrons. The molecule has 1 fully saturated rings. The fourth-order valence-electron chi connectivity index (χ4n) is 3.40. The molecule has 1 saturated heterocycles. The molecular formula is C21H24F3N5O3. The number of nitrogens with zero attached hydrogens (tertiary/aromatic N) is 2. The number of methoxy groups -OCH3 is 1. The third-order valence-corrected chi connectivity index (χ3v) is 5.11. The molecule has 32 heavy (non-hydrogen) atoms. The first kappa shape index (κ1) is 23.5. The zero-order chi connectivity index (χ0) is 23.5. The number of rotatable bonds is 7. The average Bonchev–Trinajstić information content (AvgIpc) is 2.75. The van der Waals surface area contributed by atoms with Gasteiger partial charge < -0.3 is 26.0 Å². The Morgan fingerprint density at radius 1 is 1.34 bits per heavy atom. The maximum Gasteiger partial charge on any atom is 0.318 e. The van der Waals surface area contributed by atoms with E-state index in [2.05, 4.69) is 15.6 Å². The van der Waals surface area contributed by atoms with Crippen LogP contribution < -0.4 is 16.4 Å². The summed E-state index contributed by atoms with van der Waals surface area (Å²) in [5, 5.41) is 4.74. The molecule has 3 rings (SSSR count). The molecule has 172 valence electrons. The van der Waals surface area contributed by atoms with E-state index in [0.717, 1.165) is 4.90 Å². The molecule has 11 heteroatoms. The summed E-state index contributed by atoms with van der Waals surface area (Å²) in [4.78, 5) is 29.9. The molecule has 4 N–H and O–H groups in total. The van der Waals surface area contributed by atoms with Crippen LogP contribution in [0.5, 0.6) is 0 Å². The van der Waals surface area contributed by atoms with E-state index in [9.17, 15) is 22.8 Å². The number of benzene rings is 1. The number of amides is 3. The lowest BCUT2D eigenvalue weighted by atomic mass is 10.0. The Kier molecular flexibility index (Phi) is 6.99. The highest BCUT2D eigenvalue weighted by Gasteiger charge is 2.42. The topological polar surface area (TPSA) is 110 Å². The van der Waals surface area contributed by atoms with Gasteiger partial charge in [0, 0.05) is 13.3 Å². The summed E-state index contributed by atoms with van der Waals surface area (Å²) < 4.78 is 46.4. The first-order chi connectivity index (χ1) is 15.1. The van der Waals surface area contributed by atoms with Gasteiger partial charge in [0.25, 0.3) is 5.92 Å². The van der Waals surface area contributed by atoms with Gasteiger partial charge in [-0.25, -0.2) is 22.9 Å². The normalized spacial score (nSPS) is 17.4. The van der Waals surface area contributed by atoms with Gasteiger partial charge in [-0.3, -0.25) is 4.79 Å². The molecule has 2 atom stereocenters. The summed E-state index contributed by atoms with van der Waals surface area (Å²) in [5.74, 6) is -3.98. The Bertz CT molecular complexity index is 1000. The van der Waals surface area contributed by atoms with Crippen LogP contribution in [0.4, 0.5) is 23.8 Å². The van der Waals surface area contributed by atoms with Crippen molar-refractivity contribution in [3.8, 4) is 0 Å². The van der Waals surface area contributed by atoms with E-state index in [1.54, 1.807) is 13.0 Å². The summed E-state index contributed by atoms with van der Waals surface area (Å²) in [6.07, 6.45) is 1.38. The number of carbonyl (C=O) groups excluding carboxylic acids is 2. The van der Waals surface area contributed by atoms with Crippen molar-refractivity contribution in [1.29, 1.82) is 0 Å². The first-order valence-corrected chi connectivity index (χ1v) is 9.81. The average molecular weight is 451 g/mol. The molecular weight excluding hydrogens is 427 g/mol. The van der Waals surface area contributed by atoms with Crippen LogP contribution in [-0.2, 0) is 9.53 Å². The Morgan fingerprint density at radius 2 is 2.09 bits per heavy atom. The smallest absolute Gasteiger partial charge is 0.318 e. The highest BCUT2D eigenvalue weighted by atomic mass is 19.3. The minimum absolute atomic E-state index is 0.0464. The van der Waals surface area contributed by atoms with Gasteiger partial charge in [-0.05, 0) is 41.8 Å². The zero-order valence-corrected chi connectivity index (χ0v) is 17.6. The number of alkyl halides is 2. The lowest BCUT2D eigenvalue weighted by Gasteiger charge is -2.38. The number of halogens is 3. The van der Waals surface area contributed by atoms with Gasteiger partial charge in [-0.15, -0.1) is 0 Å². The van der Waals surface area contributed by atoms with Crippen LogP contribution in [0.2, 0.25) is 0 Å². The van der Waals surface area contributed by atoms with Gasteiger partial charge in [0.05, 0.1) is 25.7 Å². The number of ether oxygens (including phenoxy) is 1. The molecule has 0 bridgehead atoms. The molecule has 2 aromatic rings. The molecule has 1 aromatic heterocycles. The SMILES string of the molecule is COC[C@H](c1ccnc(NC(=O)C(N)c2ccc(F)c(C)c2)c1)N1CC(F)(F)CNC1=O. The van der Waals surface area contributed by atoms with Crippen LogP contribution in [0.25, 0.3) is 0 Å². The van der Waals surface area contributed by atoms with Gasteiger partial charge in [0.2, 0.25) is 5.91 Å². The van der Waals surface area contributed by atoms with Crippen molar-refractivity contribution in [3.05, 3.63) is 59.0 Å². The number of urea groups is 1. The molecule has 1 unspecified atom stereocenters. The fraction of sp³-hybridized carbons (Fsp3) is 0.381. The van der Waals surface area contributed by atoms with Crippen LogP contribution in [-0.4, -0.2) is 54.6 Å². The molecule has 3 amide bonds. The molecule has 1 aliphatic rings. The predicted molar refractivity (Wildman–Crippen MR) is 111 cm³/mol. The van der Waals surface area contributed by atoms with Gasteiger partial charge in [0.15, 0.2) is 0 Å². The van der Waals surface area contributed by atoms with E-state index in [1.807, 2.05) is 0 Å². The number of aromatic nitrogens is 1. The monoisotopic (exact) mass is 451 g/mol. The Hall–Kier alpha value is -3.18. The lowest BCUT2D eigenvalue weighted by Crippen LogP contribution is -2.58. The maximum absolute atomic E-state index is 13.9. The molecule has 1 aliphatic heterocycles. The summed E-state index contributed by atoms with van der Waals surface area (Å²) >= 11 is 0. The Morgan fingerprint density at radius 3 is 2.78 bits per heavy atom. The lowest BCUT2D eigenvalue weighted by molar-refractivity contribution is -0.117. The van der Waals surface area contributed by atoms with Gasteiger partial charge >= 0.3 is 6.03 Å². The van der Waals surface area contributed by atoms with E-state index in [1.165, 1.54) is 37.6 Å². The number of nitrogens with two attached hydrogens (primary N) is 1. The Labute approximate surface area is 182 Å². The zero-order valence-electron chi connectivity index (χ0n) is 17.6. The van der Waals surface area contributed by atoms with E-state index < -0.39 is 48.9 Å². The van der Waals surface area contributed by atoms with Crippen molar-refractivity contribution in [3.63, 3.8) is 0 Å². The summed E-state index contributed by atoms with van der Waals surface area (Å²) in [7, 11) is 1.39. The van der Waals surface area contributed by atoms with Crippen molar-refractivity contribution in [1.82, 2.24) is 15.2 Å². The van der Waals surface area contributed by atoms with Crippen molar-refractivity contribution in [2.75, 3.05) is 32.1 Å². The van der Waals surface area contributed by atoms with E-state index in [-0.39, 0.29) is 12.4 Å². The van der Waals surface area contributed by atoms with Crippen molar-refractivity contribution in [2.24, 2.45) is 5.73 Å². The number of aryl methyl sites for hydroxylation is 1. The van der Waals surface area contributed by atoms with Crippen LogP contribution in [0.15, 0.2) is 36.5 Å². The first-order valence-electron chi connectivity index (χ1n) is 9.81. The van der Waals surface area contributed by atoms with Gasteiger partial charge in [-0.2, -0.15) is 0 Å². The number of hydrogen-bond acceptors (Lipinski definition) is 5. The third-order valence-electron chi connectivity index (χ3n) is 5.11. The standard InChI is InChI=1S/C21H24F3N5O3/c1-12-7-14(3-4-15(12)22)18(25)19(30)28-17-8-13(5-6-26-17)16(9-32-2)29-11-21(23,24)10-27-20(29)31/h3-8,16,18H,9-11,25H2,1-2H3,(H,27,31)(H,26,28,30)/t16-,18?/m1/s1. The van der Waals surface area contributed by atoms with Gasteiger partial charge in [0.1, 0.15) is 17.7 Å². The van der Waals surface area contributed by atoms with E-state index in [4.69, 9.17) is 10.5 Å². The number of carbonyl (C=O) groups is 2. The maximum atomic E-state index is 13.9. The highest BCUT2D eigenvalue weighted by Crippen LogP contribution is 2.29. The summed E-state index contributed by atoms with van der Waals surface area (Å²) in [6.45, 7) is 0.00602. The number of nitrogens with one attached hydrogen (secondary N) is 2. The second-order valence-corrected chi connectivity index (χ2v) is 7.56. The second kappa shape index (κ2) is 9.53. The van der Waals surface area contributed by atoms with Crippen LogP contribution in [0.1, 0.15) is 28.8 Å². The van der Waals surface area contributed by atoms with E-state index >= 15 is 0 Å².